The van der Waals surface area contributed by atoms with Gasteiger partial charge in [0.05, 0.1) is 13.2 Å². The number of esters is 1. The van der Waals surface area contributed by atoms with Gasteiger partial charge in [0.15, 0.2) is 6.23 Å². The number of nitrogens with zero attached hydrogens (tertiary/aromatic N) is 1. The summed E-state index contributed by atoms with van der Waals surface area (Å²) < 4.78 is 50.4. The van der Waals surface area contributed by atoms with E-state index in [1.54, 1.807) is 18.2 Å². The summed E-state index contributed by atoms with van der Waals surface area (Å²) in [5.41, 5.74) is 0. The monoisotopic (exact) mass is 565 g/mol. The second-order valence-electron chi connectivity index (χ2n) is 8.51. The number of unbranched alkanes of at least 4 members (excludes halogenated alkanes) is 1. The molecule has 2 aliphatic heterocycles. The third kappa shape index (κ3) is 7.40. The van der Waals surface area contributed by atoms with E-state index in [9.17, 15) is 24.1 Å². The lowest BCUT2D eigenvalue weighted by atomic mass is 10.1. The Balaban J connectivity index is 1.71. The maximum Gasteiger partial charge on any atom is 0.459 e. The Labute approximate surface area is 218 Å². The van der Waals surface area contributed by atoms with Crippen molar-refractivity contribution in [1.29, 1.82) is 0 Å². The topological polar surface area (TPSA) is 153 Å². The van der Waals surface area contributed by atoms with Crippen molar-refractivity contribution in [3.8, 4) is 5.75 Å². The highest BCUT2D eigenvalue weighted by Gasteiger charge is 2.60. The van der Waals surface area contributed by atoms with Gasteiger partial charge in [-0.1, -0.05) is 43.1 Å². The number of rotatable bonds is 12. The molecule has 1 aromatic carbocycles. The molecule has 2 saturated heterocycles. The maximum atomic E-state index is 15.3. The minimum atomic E-state index is -4.33. The largest absolute Gasteiger partial charge is 0.465 e. The number of urea groups is 1. The first-order valence-electron chi connectivity index (χ1n) is 11.7. The Bertz CT molecular complexity index is 1020. The molecule has 0 spiro atoms. The van der Waals surface area contributed by atoms with Crippen LogP contribution in [-0.4, -0.2) is 77.3 Å². The number of carbonyl (C=O) groups is 3. The van der Waals surface area contributed by atoms with Crippen molar-refractivity contribution in [2.24, 2.45) is 0 Å². The fourth-order valence-electron chi connectivity index (χ4n) is 3.55. The number of hydrogen-bond acceptors (Lipinski definition) is 9. The molecule has 2 aliphatic rings. The van der Waals surface area contributed by atoms with E-state index in [1.165, 1.54) is 19.1 Å². The molecule has 37 heavy (non-hydrogen) atoms. The first kappa shape index (κ1) is 29.3. The summed E-state index contributed by atoms with van der Waals surface area (Å²) >= 11 is 5.90. The summed E-state index contributed by atoms with van der Waals surface area (Å²) in [4.78, 5) is 36.7. The zero-order valence-electron chi connectivity index (χ0n) is 20.3. The third-order valence-corrected chi connectivity index (χ3v) is 7.63. The fraction of sp³-hybridized carbons (Fsp3) is 0.591. The van der Waals surface area contributed by atoms with E-state index in [4.69, 9.17) is 30.1 Å². The third-order valence-electron chi connectivity index (χ3n) is 5.57. The van der Waals surface area contributed by atoms with Gasteiger partial charge in [-0.25, -0.2) is 13.8 Å². The second-order valence-corrected chi connectivity index (χ2v) is 10.8. The van der Waals surface area contributed by atoms with Crippen LogP contribution in [0.3, 0.4) is 0 Å². The van der Waals surface area contributed by atoms with Crippen molar-refractivity contribution in [2.75, 3.05) is 19.8 Å². The predicted molar refractivity (Wildman–Crippen MR) is 128 cm³/mol. The first-order valence-corrected chi connectivity index (χ1v) is 13.6. The zero-order chi connectivity index (χ0) is 27.2. The van der Waals surface area contributed by atoms with Gasteiger partial charge in [0.25, 0.3) is 5.13 Å². The van der Waals surface area contributed by atoms with Gasteiger partial charge in [0, 0.05) is 13.0 Å². The van der Waals surface area contributed by atoms with Crippen molar-refractivity contribution in [2.45, 2.75) is 62.7 Å². The minimum absolute atomic E-state index is 0.119. The van der Waals surface area contributed by atoms with E-state index in [2.05, 4.69) is 5.09 Å². The van der Waals surface area contributed by atoms with E-state index in [0.717, 1.165) is 11.3 Å². The van der Waals surface area contributed by atoms with Crippen LogP contribution in [0.5, 0.6) is 5.75 Å². The lowest BCUT2D eigenvalue weighted by molar-refractivity contribution is -0.145. The minimum Gasteiger partial charge on any atom is -0.465 e. The number of carbonyl (C=O) groups excluding carboxylic acids is 3. The Morgan fingerprint density at radius 2 is 2.11 bits per heavy atom. The van der Waals surface area contributed by atoms with E-state index in [0.29, 0.717) is 6.42 Å². The number of hydrogen-bond donors (Lipinski definition) is 3. The highest BCUT2D eigenvalue weighted by molar-refractivity contribution is 7.52. The normalized spacial score (nSPS) is 28.4. The van der Waals surface area contributed by atoms with Gasteiger partial charge in [-0.05, 0) is 25.5 Å². The first-order chi connectivity index (χ1) is 17.5. The van der Waals surface area contributed by atoms with Crippen LogP contribution in [0, 0.1) is 0 Å². The summed E-state index contributed by atoms with van der Waals surface area (Å²) in [6.45, 7) is 2.62. The van der Waals surface area contributed by atoms with Gasteiger partial charge in [-0.3, -0.25) is 24.3 Å². The molecule has 0 bridgehead atoms. The lowest BCUT2D eigenvalue weighted by Crippen LogP contribution is -2.58. The van der Waals surface area contributed by atoms with Crippen molar-refractivity contribution >= 4 is 37.3 Å². The molecule has 0 aromatic heterocycles. The maximum absolute atomic E-state index is 15.3. The van der Waals surface area contributed by atoms with Crippen LogP contribution in [0.4, 0.5) is 9.18 Å². The summed E-state index contributed by atoms with van der Waals surface area (Å²) in [6.07, 6.45) is -3.92. The van der Waals surface area contributed by atoms with E-state index >= 15 is 4.39 Å². The van der Waals surface area contributed by atoms with Gasteiger partial charge in [0.2, 0.25) is 5.91 Å². The number of amides is 3. The molecule has 3 N–H and O–H groups in total. The molecule has 0 radical (unpaired) electrons. The summed E-state index contributed by atoms with van der Waals surface area (Å²) in [7, 11) is -4.33. The zero-order valence-corrected chi connectivity index (χ0v) is 22.0. The molecule has 0 aliphatic carbocycles. The van der Waals surface area contributed by atoms with Crippen LogP contribution in [0.25, 0.3) is 0 Å². The summed E-state index contributed by atoms with van der Waals surface area (Å²) in [5, 5.41) is 12.0. The number of aliphatic hydroxyl groups excluding tert-OH is 1. The SMILES string of the molecule is CCCCOC(=O)[C@H](C)NP(=O)(OC[C@H]1O[C@@H](N2CCC(=O)NC2=O)[C@@](F)(Cl)[C@@H]1O)Oc1ccccc1. The van der Waals surface area contributed by atoms with E-state index in [1.807, 2.05) is 12.2 Å². The number of aliphatic hydroxyl groups is 1. The quantitative estimate of drug-likeness (QED) is 0.149. The number of nitrogens with one attached hydrogen (secondary N) is 2. The number of para-hydroxylation sites is 1. The predicted octanol–water partition coefficient (Wildman–Crippen LogP) is 2.44. The Hall–Kier alpha value is -2.28. The smallest absolute Gasteiger partial charge is 0.459 e. The van der Waals surface area contributed by atoms with Crippen molar-refractivity contribution in [3.05, 3.63) is 30.3 Å². The highest BCUT2D eigenvalue weighted by atomic mass is 35.5. The summed E-state index contributed by atoms with van der Waals surface area (Å²) in [5.74, 6) is -1.10. The molecule has 12 nitrogen and oxygen atoms in total. The Morgan fingerprint density at radius 3 is 2.76 bits per heavy atom. The van der Waals surface area contributed by atoms with Crippen LogP contribution in [0.1, 0.15) is 33.1 Å². The molecule has 2 fully saturated rings. The average Bonchev–Trinajstić information content (AvgIpc) is 3.07. The van der Waals surface area contributed by atoms with Crippen molar-refractivity contribution in [3.63, 3.8) is 0 Å². The molecule has 15 heteroatoms. The van der Waals surface area contributed by atoms with Crippen LogP contribution < -0.4 is 14.9 Å². The number of alkyl halides is 2. The average molecular weight is 566 g/mol. The number of imide groups is 1. The van der Waals surface area contributed by atoms with Gasteiger partial charge >= 0.3 is 19.7 Å². The Kier molecular flexibility index (Phi) is 9.90. The number of halogens is 2. The number of ether oxygens (including phenoxy) is 2. The molecule has 6 atom stereocenters. The Morgan fingerprint density at radius 1 is 1.41 bits per heavy atom. The van der Waals surface area contributed by atoms with Gasteiger partial charge in [0.1, 0.15) is 24.0 Å². The molecule has 206 valence electrons. The van der Waals surface area contributed by atoms with Gasteiger partial charge < -0.3 is 19.1 Å². The van der Waals surface area contributed by atoms with Crippen LogP contribution >= 0.6 is 19.3 Å². The molecule has 2 heterocycles. The molecular formula is C22H30ClFN3O9P. The highest BCUT2D eigenvalue weighted by Crippen LogP contribution is 2.47. The van der Waals surface area contributed by atoms with Crippen LogP contribution in [-0.2, 0) is 28.2 Å². The molecule has 1 unspecified atom stereocenters. The molecule has 0 saturated carbocycles. The molecular weight excluding hydrogens is 536 g/mol. The van der Waals surface area contributed by atoms with Gasteiger partial charge in [-0.2, -0.15) is 5.09 Å². The lowest BCUT2D eigenvalue weighted by Gasteiger charge is -2.34. The molecule has 3 amide bonds. The second kappa shape index (κ2) is 12.5. The van der Waals surface area contributed by atoms with E-state index in [-0.39, 0.29) is 25.3 Å². The number of benzene rings is 1. The van der Waals surface area contributed by atoms with Crippen molar-refractivity contribution < 1.29 is 47.0 Å². The van der Waals surface area contributed by atoms with E-state index < -0.39 is 61.9 Å². The fourth-order valence-corrected chi connectivity index (χ4v) is 5.36. The van der Waals surface area contributed by atoms with Crippen LogP contribution in [0.15, 0.2) is 30.3 Å². The summed E-state index contributed by atoms with van der Waals surface area (Å²) in [6, 6.07) is 5.89. The standard InChI is InChI=1S/C22H30ClFN3O9P/c1-3-4-12-33-19(30)14(2)26-37(32,36-15-8-6-5-7-9-15)34-13-16-18(29)22(23,24)20(35-16)27-11-10-17(28)25-21(27)31/h5-9,14,16,18,20,29H,3-4,10-13H2,1-2H3,(H,26,32)(H,25,28,31)/t14-,16+,18+,20+,22+,37?/m0/s1. The molecule has 3 rings (SSSR count). The van der Waals surface area contributed by atoms with Crippen LogP contribution in [0.2, 0.25) is 0 Å². The van der Waals surface area contributed by atoms with Gasteiger partial charge in [-0.15, -0.1) is 0 Å². The van der Waals surface area contributed by atoms with Crippen molar-refractivity contribution in [1.82, 2.24) is 15.3 Å². The molecule has 1 aromatic rings.